The Morgan fingerprint density at radius 2 is 1.64 bits per heavy atom. The number of nitrogen functional groups attached to an aromatic ring is 1. The Balaban J connectivity index is 1.85. The van der Waals surface area contributed by atoms with Crippen LogP contribution < -0.4 is 15.2 Å². The topological polar surface area (TPSA) is 57.4 Å². The maximum atomic E-state index is 12.4. The van der Waals surface area contributed by atoms with Gasteiger partial charge in [-0.1, -0.05) is 41.4 Å². The fraction of sp³-hybridized carbons (Fsp3) is 0.105. The van der Waals surface area contributed by atoms with E-state index in [0.717, 1.165) is 0 Å². The molecule has 4 nitrogen and oxygen atoms in total. The maximum absolute atomic E-state index is 12.4. The van der Waals surface area contributed by atoms with Gasteiger partial charge in [-0.2, -0.15) is 0 Å². The Morgan fingerprint density at radius 1 is 0.964 bits per heavy atom. The number of hydrogen-bond donors (Lipinski definition) is 1. The third-order valence-corrected chi connectivity index (χ3v) is 4.42. The van der Waals surface area contributed by atoms with E-state index in [9.17, 15) is 13.2 Å². The van der Waals surface area contributed by atoms with Gasteiger partial charge in [-0.05, 0) is 35.9 Å². The average molecular weight is 429 g/mol. The summed E-state index contributed by atoms with van der Waals surface area (Å²) in [7, 11) is 0. The van der Waals surface area contributed by atoms with Crippen LogP contribution in [0.25, 0.3) is 11.1 Å². The number of alkyl halides is 3. The number of pyridine rings is 1. The van der Waals surface area contributed by atoms with E-state index >= 15 is 0 Å². The highest BCUT2D eigenvalue weighted by Crippen LogP contribution is 2.32. The Kier molecular flexibility index (Phi) is 5.86. The molecule has 0 aliphatic rings. The summed E-state index contributed by atoms with van der Waals surface area (Å²) >= 11 is 12.2. The van der Waals surface area contributed by atoms with Crippen molar-refractivity contribution in [2.75, 3.05) is 5.73 Å². The SMILES string of the molecule is Nc1ncc(-c2cccc(OC(F)(F)F)c2)cc1OCc1c(Cl)cccc1Cl. The summed E-state index contributed by atoms with van der Waals surface area (Å²) in [5, 5.41) is 0.874. The lowest BCUT2D eigenvalue weighted by Gasteiger charge is -2.13. The molecule has 1 heterocycles. The second-order valence-electron chi connectivity index (χ2n) is 5.67. The van der Waals surface area contributed by atoms with Crippen LogP contribution in [0.3, 0.4) is 0 Å². The Bertz CT molecular complexity index is 977. The summed E-state index contributed by atoms with van der Waals surface area (Å²) in [6.07, 6.45) is -3.35. The number of anilines is 1. The highest BCUT2D eigenvalue weighted by Gasteiger charge is 2.31. The summed E-state index contributed by atoms with van der Waals surface area (Å²) in [6, 6.07) is 12.1. The zero-order valence-corrected chi connectivity index (χ0v) is 15.6. The molecule has 0 spiro atoms. The quantitative estimate of drug-likeness (QED) is 0.531. The highest BCUT2D eigenvalue weighted by molar-refractivity contribution is 6.35. The molecule has 0 amide bonds. The van der Waals surface area contributed by atoms with Crippen LogP contribution in [0.4, 0.5) is 19.0 Å². The molecule has 0 saturated carbocycles. The minimum absolute atomic E-state index is 0.0467. The number of ether oxygens (including phenoxy) is 2. The van der Waals surface area contributed by atoms with E-state index in [4.69, 9.17) is 33.7 Å². The number of benzene rings is 2. The molecule has 0 saturated heterocycles. The molecule has 146 valence electrons. The predicted octanol–water partition coefficient (Wildman–Crippen LogP) is 6.12. The molecule has 1 aromatic heterocycles. The molecule has 0 aliphatic heterocycles. The van der Waals surface area contributed by atoms with Crippen molar-refractivity contribution < 1.29 is 22.6 Å². The van der Waals surface area contributed by atoms with E-state index in [0.29, 0.717) is 26.7 Å². The van der Waals surface area contributed by atoms with Crippen LogP contribution >= 0.6 is 23.2 Å². The predicted molar refractivity (Wildman–Crippen MR) is 102 cm³/mol. The van der Waals surface area contributed by atoms with Crippen molar-refractivity contribution in [3.05, 3.63) is 70.3 Å². The molecule has 2 N–H and O–H groups in total. The van der Waals surface area contributed by atoms with Gasteiger partial charge in [0.05, 0.1) is 0 Å². The maximum Gasteiger partial charge on any atom is 0.573 e. The van der Waals surface area contributed by atoms with Gasteiger partial charge in [0, 0.05) is 27.4 Å². The lowest BCUT2D eigenvalue weighted by molar-refractivity contribution is -0.274. The monoisotopic (exact) mass is 428 g/mol. The molecule has 0 fully saturated rings. The van der Waals surface area contributed by atoms with E-state index < -0.39 is 6.36 Å². The van der Waals surface area contributed by atoms with Crippen LogP contribution in [0.1, 0.15) is 5.56 Å². The summed E-state index contributed by atoms with van der Waals surface area (Å²) in [6.45, 7) is 0.0467. The van der Waals surface area contributed by atoms with Crippen molar-refractivity contribution in [3.63, 3.8) is 0 Å². The normalized spacial score (nSPS) is 11.3. The fourth-order valence-corrected chi connectivity index (χ4v) is 2.93. The minimum Gasteiger partial charge on any atom is -0.485 e. The van der Waals surface area contributed by atoms with Gasteiger partial charge in [-0.15, -0.1) is 13.2 Å². The van der Waals surface area contributed by atoms with Crippen molar-refractivity contribution in [3.8, 4) is 22.6 Å². The Labute approximate surface area is 168 Å². The Morgan fingerprint density at radius 3 is 2.32 bits per heavy atom. The molecule has 3 rings (SSSR count). The third kappa shape index (κ3) is 4.99. The van der Waals surface area contributed by atoms with Crippen molar-refractivity contribution in [1.29, 1.82) is 0 Å². The third-order valence-electron chi connectivity index (χ3n) is 3.72. The summed E-state index contributed by atoms with van der Waals surface area (Å²) < 4.78 is 46.9. The molecule has 0 bridgehead atoms. The largest absolute Gasteiger partial charge is 0.573 e. The molecule has 0 aliphatic carbocycles. The second-order valence-corrected chi connectivity index (χ2v) is 6.49. The molecule has 9 heteroatoms. The lowest BCUT2D eigenvalue weighted by Crippen LogP contribution is -2.17. The van der Waals surface area contributed by atoms with E-state index in [2.05, 4.69) is 9.72 Å². The molecule has 3 aromatic rings. The summed E-state index contributed by atoms with van der Waals surface area (Å²) in [5.74, 6) is 0.0254. The zero-order valence-electron chi connectivity index (χ0n) is 14.1. The number of halogens is 5. The van der Waals surface area contributed by atoms with Gasteiger partial charge in [0.25, 0.3) is 0 Å². The van der Waals surface area contributed by atoms with Gasteiger partial charge in [-0.25, -0.2) is 4.98 Å². The molecule has 2 aromatic carbocycles. The average Bonchev–Trinajstić information content (AvgIpc) is 2.61. The van der Waals surface area contributed by atoms with Crippen molar-refractivity contribution in [2.45, 2.75) is 13.0 Å². The standard InChI is InChI=1S/C19H13Cl2F3N2O2/c20-15-5-2-6-16(21)14(15)10-27-17-8-12(9-26-18(17)25)11-3-1-4-13(7-11)28-19(22,23)24/h1-9H,10H2,(H2,25,26). The van der Waals surface area contributed by atoms with E-state index in [1.165, 1.54) is 24.4 Å². The van der Waals surface area contributed by atoms with E-state index in [-0.39, 0.29) is 23.9 Å². The molecule has 0 unspecified atom stereocenters. The summed E-state index contributed by atoms with van der Waals surface area (Å²) in [4.78, 5) is 4.04. The molecular formula is C19H13Cl2F3N2O2. The van der Waals surface area contributed by atoms with Crippen LogP contribution in [-0.2, 0) is 6.61 Å². The van der Waals surface area contributed by atoms with Crippen LogP contribution in [0.5, 0.6) is 11.5 Å². The van der Waals surface area contributed by atoms with Crippen LogP contribution in [0, 0.1) is 0 Å². The fourth-order valence-electron chi connectivity index (χ4n) is 2.42. The van der Waals surface area contributed by atoms with Gasteiger partial charge in [-0.3, -0.25) is 0 Å². The van der Waals surface area contributed by atoms with Crippen molar-refractivity contribution in [1.82, 2.24) is 4.98 Å². The number of hydrogen-bond acceptors (Lipinski definition) is 4. The van der Waals surface area contributed by atoms with Crippen molar-refractivity contribution >= 4 is 29.0 Å². The van der Waals surface area contributed by atoms with Crippen LogP contribution in [-0.4, -0.2) is 11.3 Å². The number of aromatic nitrogens is 1. The number of nitrogens with two attached hydrogens (primary N) is 1. The van der Waals surface area contributed by atoms with Crippen LogP contribution in [0.15, 0.2) is 54.7 Å². The first-order chi connectivity index (χ1) is 13.2. The van der Waals surface area contributed by atoms with Gasteiger partial charge in [0.1, 0.15) is 12.4 Å². The van der Waals surface area contributed by atoms with E-state index in [1.807, 2.05) is 0 Å². The van der Waals surface area contributed by atoms with Gasteiger partial charge >= 0.3 is 6.36 Å². The lowest BCUT2D eigenvalue weighted by atomic mass is 10.1. The smallest absolute Gasteiger partial charge is 0.485 e. The first-order valence-corrected chi connectivity index (χ1v) is 8.66. The number of rotatable bonds is 5. The molecule has 28 heavy (non-hydrogen) atoms. The molecular weight excluding hydrogens is 416 g/mol. The Hall–Kier alpha value is -2.64. The van der Waals surface area contributed by atoms with Crippen LogP contribution in [0.2, 0.25) is 10.0 Å². The highest BCUT2D eigenvalue weighted by atomic mass is 35.5. The van der Waals surface area contributed by atoms with Crippen molar-refractivity contribution in [2.24, 2.45) is 0 Å². The van der Waals surface area contributed by atoms with E-state index in [1.54, 1.807) is 30.3 Å². The molecule has 0 atom stereocenters. The summed E-state index contributed by atoms with van der Waals surface area (Å²) in [5.41, 5.74) is 7.38. The first-order valence-electron chi connectivity index (χ1n) is 7.90. The first kappa shape index (κ1) is 20.1. The van der Waals surface area contributed by atoms with Gasteiger partial charge in [0.2, 0.25) is 0 Å². The molecule has 0 radical (unpaired) electrons. The minimum atomic E-state index is -4.78. The van der Waals surface area contributed by atoms with Gasteiger partial charge in [0.15, 0.2) is 11.6 Å². The second kappa shape index (κ2) is 8.16. The van der Waals surface area contributed by atoms with Gasteiger partial charge < -0.3 is 15.2 Å². The zero-order chi connectivity index (χ0) is 20.3. The number of nitrogens with zero attached hydrogens (tertiary/aromatic N) is 1.